The average molecular weight is 454 g/mol. The number of rotatable bonds is 5. The van der Waals surface area contributed by atoms with E-state index in [0.29, 0.717) is 10.8 Å². The van der Waals surface area contributed by atoms with Gasteiger partial charge in [-0.05, 0) is 62.4 Å². The largest absolute Gasteiger partial charge is 0.341 e. The SMILES string of the molecule is CCc1cccc2c(/C=C3\SC(=O)N(C(C)C)C3=O)cn(CC(=O)N3CCC(C)CC3)c12. The highest BCUT2D eigenvalue weighted by molar-refractivity contribution is 8.18. The van der Waals surface area contributed by atoms with Crippen LogP contribution >= 0.6 is 11.8 Å². The molecule has 1 aromatic heterocycles. The molecule has 0 N–H and O–H groups in total. The maximum absolute atomic E-state index is 13.1. The summed E-state index contributed by atoms with van der Waals surface area (Å²) in [5.74, 6) is 0.554. The molecule has 3 amide bonds. The zero-order chi connectivity index (χ0) is 23.0. The number of hydrogen-bond acceptors (Lipinski definition) is 4. The first-order valence-electron chi connectivity index (χ1n) is 11.5. The molecule has 0 unspecified atom stereocenters. The number of para-hydroxylation sites is 1. The van der Waals surface area contributed by atoms with Gasteiger partial charge in [-0.2, -0.15) is 0 Å². The van der Waals surface area contributed by atoms with E-state index in [1.165, 1.54) is 4.90 Å². The summed E-state index contributed by atoms with van der Waals surface area (Å²) in [4.78, 5) is 41.9. The molecule has 1 aromatic carbocycles. The number of nitrogens with zero attached hydrogens (tertiary/aromatic N) is 3. The number of carbonyl (C=O) groups excluding carboxylic acids is 3. The monoisotopic (exact) mass is 453 g/mol. The number of fused-ring (bicyclic) bond motifs is 1. The van der Waals surface area contributed by atoms with Crippen molar-refractivity contribution in [3.63, 3.8) is 0 Å². The smallest absolute Gasteiger partial charge is 0.293 e. The molecule has 2 aromatic rings. The van der Waals surface area contributed by atoms with E-state index in [1.54, 1.807) is 6.08 Å². The van der Waals surface area contributed by atoms with Gasteiger partial charge in [0.1, 0.15) is 6.54 Å². The van der Waals surface area contributed by atoms with Gasteiger partial charge >= 0.3 is 0 Å². The number of piperidine rings is 1. The number of aryl methyl sites for hydroxylation is 1. The first-order valence-corrected chi connectivity index (χ1v) is 12.3. The van der Waals surface area contributed by atoms with Crippen molar-refractivity contribution in [3.8, 4) is 0 Å². The Hall–Kier alpha value is -2.54. The van der Waals surface area contributed by atoms with Crippen LogP contribution in [0, 0.1) is 5.92 Å². The molecule has 2 saturated heterocycles. The molecule has 32 heavy (non-hydrogen) atoms. The zero-order valence-corrected chi connectivity index (χ0v) is 20.1. The maximum Gasteiger partial charge on any atom is 0.293 e. The van der Waals surface area contributed by atoms with Crippen LogP contribution in [-0.4, -0.2) is 50.6 Å². The molecule has 0 radical (unpaired) electrons. The summed E-state index contributed by atoms with van der Waals surface area (Å²) >= 11 is 0.984. The number of hydrogen-bond donors (Lipinski definition) is 0. The first-order chi connectivity index (χ1) is 15.3. The van der Waals surface area contributed by atoms with Gasteiger partial charge in [0.2, 0.25) is 5.91 Å². The molecule has 3 heterocycles. The summed E-state index contributed by atoms with van der Waals surface area (Å²) < 4.78 is 2.02. The standard InChI is InChI=1S/C25H31N3O3S/c1-5-18-7-6-8-20-19(13-21-24(30)28(16(2)3)25(31)32-21)14-27(23(18)20)15-22(29)26-11-9-17(4)10-12-26/h6-8,13-14,16-17H,5,9-12,15H2,1-4H3/b21-13-. The number of carbonyl (C=O) groups is 3. The molecule has 0 bridgehead atoms. The van der Waals surface area contributed by atoms with Crippen LogP contribution in [0.5, 0.6) is 0 Å². The Morgan fingerprint density at radius 1 is 1.22 bits per heavy atom. The number of benzene rings is 1. The Morgan fingerprint density at radius 2 is 1.94 bits per heavy atom. The molecule has 7 heteroatoms. The highest BCUT2D eigenvalue weighted by atomic mass is 32.2. The molecular formula is C25H31N3O3S. The second-order valence-electron chi connectivity index (χ2n) is 9.09. The van der Waals surface area contributed by atoms with Gasteiger partial charge in [0.25, 0.3) is 11.1 Å². The fraction of sp³-hybridized carbons (Fsp3) is 0.480. The normalized spacial score (nSPS) is 19.2. The van der Waals surface area contributed by atoms with Crippen LogP contribution in [0.4, 0.5) is 4.79 Å². The van der Waals surface area contributed by atoms with E-state index in [4.69, 9.17) is 0 Å². The number of aromatic nitrogens is 1. The number of amides is 3. The Morgan fingerprint density at radius 3 is 2.56 bits per heavy atom. The van der Waals surface area contributed by atoms with E-state index >= 15 is 0 Å². The molecule has 2 fully saturated rings. The van der Waals surface area contributed by atoms with Crippen molar-refractivity contribution in [2.45, 2.75) is 59.5 Å². The van der Waals surface area contributed by atoms with Crippen LogP contribution in [0.25, 0.3) is 17.0 Å². The Bertz CT molecular complexity index is 1090. The summed E-state index contributed by atoms with van der Waals surface area (Å²) in [6, 6.07) is 5.95. The van der Waals surface area contributed by atoms with E-state index in [9.17, 15) is 14.4 Å². The van der Waals surface area contributed by atoms with Crippen LogP contribution in [-0.2, 0) is 22.6 Å². The fourth-order valence-corrected chi connectivity index (χ4v) is 5.51. The molecule has 6 nitrogen and oxygen atoms in total. The minimum absolute atomic E-state index is 0.131. The molecule has 4 rings (SSSR count). The molecule has 0 spiro atoms. The van der Waals surface area contributed by atoms with Crippen LogP contribution in [0.1, 0.15) is 51.7 Å². The van der Waals surface area contributed by atoms with Crippen molar-refractivity contribution < 1.29 is 14.4 Å². The predicted octanol–water partition coefficient (Wildman–Crippen LogP) is 4.91. The number of likely N-dealkylation sites (tertiary alicyclic amines) is 1. The van der Waals surface area contributed by atoms with Crippen molar-refractivity contribution in [1.82, 2.24) is 14.4 Å². The third kappa shape index (κ3) is 4.22. The average Bonchev–Trinajstić information content (AvgIpc) is 3.25. The van der Waals surface area contributed by atoms with Crippen molar-refractivity contribution in [3.05, 3.63) is 40.4 Å². The molecule has 0 atom stereocenters. The zero-order valence-electron chi connectivity index (χ0n) is 19.3. The Balaban J connectivity index is 1.70. The van der Waals surface area contributed by atoms with E-state index in [0.717, 1.165) is 66.1 Å². The lowest BCUT2D eigenvalue weighted by molar-refractivity contribution is -0.133. The van der Waals surface area contributed by atoms with Gasteiger partial charge in [-0.3, -0.25) is 19.3 Å². The van der Waals surface area contributed by atoms with Crippen molar-refractivity contribution in [1.29, 1.82) is 0 Å². The van der Waals surface area contributed by atoms with Crippen molar-refractivity contribution >= 4 is 45.8 Å². The van der Waals surface area contributed by atoms with Crippen molar-refractivity contribution in [2.24, 2.45) is 5.92 Å². The third-order valence-electron chi connectivity index (χ3n) is 6.46. The Kier molecular flexibility index (Phi) is 6.47. The summed E-state index contributed by atoms with van der Waals surface area (Å²) in [5.41, 5.74) is 3.06. The van der Waals surface area contributed by atoms with Gasteiger partial charge in [-0.1, -0.05) is 32.0 Å². The van der Waals surface area contributed by atoms with Crippen LogP contribution in [0.3, 0.4) is 0 Å². The van der Waals surface area contributed by atoms with E-state index in [-0.39, 0.29) is 29.6 Å². The summed E-state index contributed by atoms with van der Waals surface area (Å²) in [6.45, 7) is 9.93. The van der Waals surface area contributed by atoms with Gasteiger partial charge in [0, 0.05) is 36.3 Å². The molecule has 0 saturated carbocycles. The van der Waals surface area contributed by atoms with Crippen LogP contribution < -0.4 is 0 Å². The second-order valence-corrected chi connectivity index (χ2v) is 10.1. The number of thioether (sulfide) groups is 1. The van der Waals surface area contributed by atoms with Crippen LogP contribution in [0.2, 0.25) is 0 Å². The lowest BCUT2D eigenvalue weighted by atomic mass is 9.99. The third-order valence-corrected chi connectivity index (χ3v) is 7.35. The lowest BCUT2D eigenvalue weighted by Crippen LogP contribution is -2.39. The highest BCUT2D eigenvalue weighted by Crippen LogP contribution is 2.35. The first kappa shape index (κ1) is 22.6. The van der Waals surface area contributed by atoms with E-state index in [2.05, 4.69) is 19.9 Å². The van der Waals surface area contributed by atoms with Gasteiger partial charge in [0.15, 0.2) is 0 Å². The molecule has 2 aliphatic rings. The molecular weight excluding hydrogens is 422 g/mol. The van der Waals surface area contributed by atoms with Gasteiger partial charge in [-0.25, -0.2) is 0 Å². The number of imide groups is 1. The Labute approximate surface area is 193 Å². The summed E-state index contributed by atoms with van der Waals surface area (Å²) in [7, 11) is 0. The lowest BCUT2D eigenvalue weighted by Gasteiger charge is -2.30. The van der Waals surface area contributed by atoms with Crippen LogP contribution in [0.15, 0.2) is 29.3 Å². The van der Waals surface area contributed by atoms with Gasteiger partial charge in [-0.15, -0.1) is 0 Å². The molecule has 2 aliphatic heterocycles. The molecule has 0 aliphatic carbocycles. The van der Waals surface area contributed by atoms with E-state index in [1.807, 2.05) is 41.6 Å². The second kappa shape index (κ2) is 9.14. The van der Waals surface area contributed by atoms with Gasteiger partial charge < -0.3 is 9.47 Å². The van der Waals surface area contributed by atoms with E-state index < -0.39 is 0 Å². The molecule has 170 valence electrons. The fourth-order valence-electron chi connectivity index (χ4n) is 4.56. The maximum atomic E-state index is 13.1. The highest BCUT2D eigenvalue weighted by Gasteiger charge is 2.36. The summed E-state index contributed by atoms with van der Waals surface area (Å²) in [5, 5.41) is 0.768. The topological polar surface area (TPSA) is 62.6 Å². The predicted molar refractivity (Wildman–Crippen MR) is 129 cm³/mol. The summed E-state index contributed by atoms with van der Waals surface area (Å²) in [6.07, 6.45) is 6.71. The minimum Gasteiger partial charge on any atom is -0.341 e. The van der Waals surface area contributed by atoms with Crippen molar-refractivity contribution in [2.75, 3.05) is 13.1 Å². The minimum atomic E-state index is -0.249. The quantitative estimate of drug-likeness (QED) is 0.604. The van der Waals surface area contributed by atoms with Gasteiger partial charge in [0.05, 0.1) is 10.4 Å².